The van der Waals surface area contributed by atoms with E-state index < -0.39 is 10.1 Å². The molecule has 0 saturated carbocycles. The average Bonchev–Trinajstić information content (AvgIpc) is 2.29. The third-order valence-corrected chi connectivity index (χ3v) is 3.50. The monoisotopic (exact) mass is 258 g/mol. The van der Waals surface area contributed by atoms with Gasteiger partial charge in [-0.3, -0.25) is 4.18 Å². The van der Waals surface area contributed by atoms with Crippen molar-refractivity contribution < 1.29 is 17.3 Å². The molecule has 1 aromatic rings. The van der Waals surface area contributed by atoms with Crippen molar-refractivity contribution in [3.8, 4) is 5.75 Å². The molecule has 0 aromatic heterocycles. The largest absolute Gasteiger partial charge is 0.496 e. The van der Waals surface area contributed by atoms with Crippen LogP contribution < -0.4 is 4.74 Å². The lowest BCUT2D eigenvalue weighted by atomic mass is 10.1. The van der Waals surface area contributed by atoms with E-state index in [1.54, 1.807) is 19.2 Å². The lowest BCUT2D eigenvalue weighted by molar-refractivity contribution is 0.317. The fraction of sp³-hybridized carbons (Fsp3) is 0.500. The van der Waals surface area contributed by atoms with E-state index in [0.717, 1.165) is 5.56 Å². The Morgan fingerprint density at radius 2 is 2.00 bits per heavy atom. The first-order valence-electron chi connectivity index (χ1n) is 5.49. The zero-order chi connectivity index (χ0) is 12.9. The van der Waals surface area contributed by atoms with E-state index in [2.05, 4.69) is 0 Å². The zero-order valence-corrected chi connectivity index (χ0v) is 11.2. The Kier molecular flexibility index (Phi) is 4.96. The lowest BCUT2D eigenvalue weighted by Crippen LogP contribution is -2.09. The molecule has 0 aliphatic carbocycles. The molecular formula is C12H18O4S. The molecule has 1 rings (SSSR count). The summed E-state index contributed by atoms with van der Waals surface area (Å²) < 4.78 is 33.1. The minimum absolute atomic E-state index is 0.121. The molecule has 96 valence electrons. The van der Waals surface area contributed by atoms with Gasteiger partial charge in [0.2, 0.25) is 0 Å². The van der Waals surface area contributed by atoms with Crippen molar-refractivity contribution in [2.24, 2.45) is 0 Å². The highest BCUT2D eigenvalue weighted by Gasteiger charge is 2.13. The van der Waals surface area contributed by atoms with E-state index in [-0.39, 0.29) is 12.4 Å². The van der Waals surface area contributed by atoms with Gasteiger partial charge in [-0.05, 0) is 30.5 Å². The van der Waals surface area contributed by atoms with Crippen LogP contribution in [-0.4, -0.2) is 22.1 Å². The Bertz CT molecular complexity index is 465. The highest BCUT2D eigenvalue weighted by Crippen LogP contribution is 2.20. The number of aryl methyl sites for hydroxylation is 1. The number of hydrogen-bond donors (Lipinski definition) is 0. The minimum atomic E-state index is -3.49. The Morgan fingerprint density at radius 3 is 2.59 bits per heavy atom. The summed E-state index contributed by atoms with van der Waals surface area (Å²) in [5.74, 6) is 0.567. The quantitative estimate of drug-likeness (QED) is 0.734. The van der Waals surface area contributed by atoms with Crippen LogP contribution in [-0.2, 0) is 20.1 Å². The highest BCUT2D eigenvalue weighted by atomic mass is 32.2. The summed E-state index contributed by atoms with van der Waals surface area (Å²) in [6.45, 7) is 4.00. The first-order valence-corrected chi connectivity index (χ1v) is 7.07. The fourth-order valence-electron chi connectivity index (χ4n) is 1.41. The van der Waals surface area contributed by atoms with Crippen molar-refractivity contribution in [1.82, 2.24) is 0 Å². The van der Waals surface area contributed by atoms with Gasteiger partial charge in [0.25, 0.3) is 10.1 Å². The third-order valence-electron chi connectivity index (χ3n) is 2.28. The van der Waals surface area contributed by atoms with Crippen molar-refractivity contribution >= 4 is 10.1 Å². The molecule has 4 nitrogen and oxygen atoms in total. The first kappa shape index (κ1) is 14.0. The Labute approximate surface area is 103 Å². The van der Waals surface area contributed by atoms with Crippen LogP contribution in [0.15, 0.2) is 18.2 Å². The number of methoxy groups -OCH3 is 1. The van der Waals surface area contributed by atoms with Crippen LogP contribution in [0.4, 0.5) is 0 Å². The average molecular weight is 258 g/mol. The Hall–Kier alpha value is -1.07. The lowest BCUT2D eigenvalue weighted by Gasteiger charge is -2.08. The summed E-state index contributed by atoms with van der Waals surface area (Å²) in [7, 11) is -1.93. The highest BCUT2D eigenvalue weighted by molar-refractivity contribution is 7.85. The predicted octanol–water partition coefficient (Wildman–Crippen LogP) is 2.26. The van der Waals surface area contributed by atoms with E-state index in [0.29, 0.717) is 17.7 Å². The van der Waals surface area contributed by atoms with Crippen molar-refractivity contribution in [2.75, 3.05) is 13.7 Å². The van der Waals surface area contributed by atoms with Crippen LogP contribution in [0.3, 0.4) is 0 Å². The van der Waals surface area contributed by atoms with Gasteiger partial charge >= 0.3 is 0 Å². The topological polar surface area (TPSA) is 52.6 Å². The molecular weight excluding hydrogens is 240 g/mol. The number of benzene rings is 1. The molecule has 0 N–H and O–H groups in total. The van der Waals surface area contributed by atoms with Gasteiger partial charge < -0.3 is 4.74 Å². The van der Waals surface area contributed by atoms with E-state index >= 15 is 0 Å². The zero-order valence-electron chi connectivity index (χ0n) is 10.4. The van der Waals surface area contributed by atoms with Crippen molar-refractivity contribution in [3.63, 3.8) is 0 Å². The molecule has 0 heterocycles. The van der Waals surface area contributed by atoms with Crippen LogP contribution >= 0.6 is 0 Å². The standard InChI is InChI=1S/C12H18O4S/c1-4-7-16-17(13,14)9-11-6-5-10(2)12(8-11)15-3/h5-6,8H,4,7,9H2,1-3H3. The van der Waals surface area contributed by atoms with E-state index in [4.69, 9.17) is 8.92 Å². The summed E-state index contributed by atoms with van der Waals surface area (Å²) in [4.78, 5) is 0. The maximum absolute atomic E-state index is 11.6. The number of rotatable bonds is 6. The van der Waals surface area contributed by atoms with Gasteiger partial charge in [0, 0.05) is 0 Å². The van der Waals surface area contributed by atoms with Crippen LogP contribution in [0, 0.1) is 6.92 Å². The SMILES string of the molecule is CCCOS(=O)(=O)Cc1ccc(C)c(OC)c1. The molecule has 0 atom stereocenters. The van der Waals surface area contributed by atoms with E-state index in [1.165, 1.54) is 0 Å². The molecule has 0 aliphatic heterocycles. The molecule has 0 fully saturated rings. The molecule has 0 aliphatic rings. The molecule has 0 unspecified atom stereocenters. The fourth-order valence-corrected chi connectivity index (χ4v) is 2.50. The maximum Gasteiger partial charge on any atom is 0.271 e. The third kappa shape index (κ3) is 4.36. The van der Waals surface area contributed by atoms with Gasteiger partial charge in [0.05, 0.1) is 13.7 Å². The molecule has 0 amide bonds. The molecule has 0 bridgehead atoms. The molecule has 1 aromatic carbocycles. The second-order valence-corrected chi connectivity index (χ2v) is 5.47. The summed E-state index contributed by atoms with van der Waals surface area (Å²) in [5.41, 5.74) is 1.65. The van der Waals surface area contributed by atoms with Crippen LogP contribution in [0.2, 0.25) is 0 Å². The van der Waals surface area contributed by atoms with Gasteiger partial charge in [-0.15, -0.1) is 0 Å². The summed E-state index contributed by atoms with van der Waals surface area (Å²) in [5, 5.41) is 0. The second-order valence-electron chi connectivity index (χ2n) is 3.83. The summed E-state index contributed by atoms with van der Waals surface area (Å²) in [6.07, 6.45) is 0.677. The van der Waals surface area contributed by atoms with Gasteiger partial charge in [-0.2, -0.15) is 8.42 Å². The van der Waals surface area contributed by atoms with Gasteiger partial charge in [-0.25, -0.2) is 0 Å². The van der Waals surface area contributed by atoms with Gasteiger partial charge in [0.15, 0.2) is 0 Å². The maximum atomic E-state index is 11.6. The van der Waals surface area contributed by atoms with Crippen LogP contribution in [0.25, 0.3) is 0 Å². The molecule has 0 saturated heterocycles. The number of ether oxygens (including phenoxy) is 1. The minimum Gasteiger partial charge on any atom is -0.496 e. The van der Waals surface area contributed by atoms with Crippen molar-refractivity contribution in [2.45, 2.75) is 26.0 Å². The number of hydrogen-bond acceptors (Lipinski definition) is 4. The Balaban J connectivity index is 2.81. The molecule has 5 heteroatoms. The predicted molar refractivity (Wildman–Crippen MR) is 66.6 cm³/mol. The van der Waals surface area contributed by atoms with Gasteiger partial charge in [0.1, 0.15) is 11.5 Å². The Morgan fingerprint density at radius 1 is 1.29 bits per heavy atom. The van der Waals surface area contributed by atoms with Crippen molar-refractivity contribution in [1.29, 1.82) is 0 Å². The second kappa shape index (κ2) is 6.02. The van der Waals surface area contributed by atoms with E-state index in [9.17, 15) is 8.42 Å². The molecule has 17 heavy (non-hydrogen) atoms. The van der Waals surface area contributed by atoms with Crippen molar-refractivity contribution in [3.05, 3.63) is 29.3 Å². The smallest absolute Gasteiger partial charge is 0.271 e. The summed E-state index contributed by atoms with van der Waals surface area (Å²) >= 11 is 0. The molecule has 0 spiro atoms. The van der Waals surface area contributed by atoms with Gasteiger partial charge in [-0.1, -0.05) is 19.1 Å². The summed E-state index contributed by atoms with van der Waals surface area (Å²) in [6, 6.07) is 5.33. The molecule has 0 radical (unpaired) electrons. The van der Waals surface area contributed by atoms with E-state index in [1.807, 2.05) is 19.9 Å². The van der Waals surface area contributed by atoms with Crippen LogP contribution in [0.1, 0.15) is 24.5 Å². The first-order chi connectivity index (χ1) is 7.98. The normalized spacial score (nSPS) is 11.5. The van der Waals surface area contributed by atoms with Crippen LogP contribution in [0.5, 0.6) is 5.75 Å².